The van der Waals surface area contributed by atoms with Crippen LogP contribution in [0, 0.1) is 0 Å². The number of amides is 4. The van der Waals surface area contributed by atoms with Crippen molar-refractivity contribution in [1.82, 2.24) is 10.6 Å². The number of hydrogen-bond donors (Lipinski definition) is 4. The second kappa shape index (κ2) is 13.9. The van der Waals surface area contributed by atoms with Crippen molar-refractivity contribution in [2.24, 2.45) is 11.5 Å². The third-order valence-corrected chi connectivity index (χ3v) is 4.44. The number of primary amides is 2. The first kappa shape index (κ1) is 27.8. The highest BCUT2D eigenvalue weighted by Crippen LogP contribution is 2.28. The van der Waals surface area contributed by atoms with E-state index in [1.165, 1.54) is 0 Å². The van der Waals surface area contributed by atoms with Gasteiger partial charge in [-0.1, -0.05) is 13.8 Å². The van der Waals surface area contributed by atoms with E-state index in [0.29, 0.717) is 0 Å². The zero-order valence-corrected chi connectivity index (χ0v) is 20.4. The lowest BCUT2D eigenvalue weighted by Gasteiger charge is -2.28. The predicted molar refractivity (Wildman–Crippen MR) is 105 cm³/mol. The molecule has 0 radical (unpaired) electrons. The molecule has 0 aliphatic rings. The maximum atomic E-state index is 11.7. The van der Waals surface area contributed by atoms with Crippen molar-refractivity contribution in [1.29, 1.82) is 0 Å². The van der Waals surface area contributed by atoms with E-state index in [1.54, 1.807) is 0 Å². The number of carbonyl (C=O) groups is 2. The summed E-state index contributed by atoms with van der Waals surface area (Å²) >= 11 is 0. The van der Waals surface area contributed by atoms with Crippen LogP contribution in [0.2, 0.25) is 0 Å². The molecule has 2 unspecified atom stereocenters. The van der Waals surface area contributed by atoms with E-state index in [4.69, 9.17) is 11.5 Å². The number of nitrogens with one attached hydrogen (secondary N) is 2. The van der Waals surface area contributed by atoms with Crippen LogP contribution in [0.15, 0.2) is 49.1 Å². The van der Waals surface area contributed by atoms with Gasteiger partial charge in [-0.05, 0) is 11.1 Å². The van der Waals surface area contributed by atoms with Gasteiger partial charge in [0.2, 0.25) is 0 Å². The molecule has 8 nitrogen and oxygen atoms in total. The van der Waals surface area contributed by atoms with E-state index < -0.39 is 24.1 Å². The zero-order chi connectivity index (χ0) is 20.5. The molecule has 6 N–H and O–H groups in total. The van der Waals surface area contributed by atoms with Crippen molar-refractivity contribution in [3.8, 4) is 0 Å². The lowest BCUT2D eigenvalue weighted by molar-refractivity contribution is -0.697. The summed E-state index contributed by atoms with van der Waals surface area (Å²) in [5.74, 6) is 0. The van der Waals surface area contributed by atoms with E-state index in [-0.39, 0.29) is 34.0 Å². The van der Waals surface area contributed by atoms with Gasteiger partial charge < -0.3 is 56.1 Å². The van der Waals surface area contributed by atoms with Crippen LogP contribution in [-0.2, 0) is 13.1 Å². The number of aryl methyl sites for hydroxylation is 2. The molecule has 0 aliphatic heterocycles. The summed E-state index contributed by atoms with van der Waals surface area (Å²) in [5.41, 5.74) is 12.5. The Morgan fingerprint density at radius 1 is 0.767 bits per heavy atom. The maximum absolute atomic E-state index is 11.7. The Kier molecular flexibility index (Phi) is 12.9. The Morgan fingerprint density at radius 3 is 1.30 bits per heavy atom. The summed E-state index contributed by atoms with van der Waals surface area (Å²) in [6.45, 7) is 6.00. The van der Waals surface area contributed by atoms with Crippen LogP contribution in [-0.4, -0.2) is 12.1 Å². The number of pyridine rings is 2. The fourth-order valence-corrected chi connectivity index (χ4v) is 3.19. The predicted octanol–water partition coefficient (Wildman–Crippen LogP) is -4.79. The highest BCUT2D eigenvalue weighted by molar-refractivity contribution is 5.74. The monoisotopic (exact) mass is 544 g/mol. The Hall–Kier alpha value is -2.20. The van der Waals surface area contributed by atoms with Gasteiger partial charge in [0, 0.05) is 37.1 Å². The van der Waals surface area contributed by atoms with Crippen LogP contribution >= 0.6 is 0 Å². The molecule has 0 bridgehead atoms. The SMILES string of the molecule is CCC[n+]1ccc(C(NC(N)=O)C(NC(N)=O)c2cc[n+](CCC)cc2)cc1.[Br-].[Br-]. The second-order valence-electron chi connectivity index (χ2n) is 6.71. The van der Waals surface area contributed by atoms with E-state index >= 15 is 0 Å². The van der Waals surface area contributed by atoms with Gasteiger partial charge in [0.25, 0.3) is 0 Å². The molecule has 0 aliphatic carbocycles. The maximum Gasteiger partial charge on any atom is 0.312 e. The van der Waals surface area contributed by atoms with Gasteiger partial charge in [0.15, 0.2) is 24.8 Å². The van der Waals surface area contributed by atoms with E-state index in [0.717, 1.165) is 37.1 Å². The molecule has 166 valence electrons. The van der Waals surface area contributed by atoms with Gasteiger partial charge in [-0.15, -0.1) is 0 Å². The summed E-state index contributed by atoms with van der Waals surface area (Å²) < 4.78 is 4.11. The molecule has 30 heavy (non-hydrogen) atoms. The van der Waals surface area contributed by atoms with Crippen molar-refractivity contribution in [3.63, 3.8) is 0 Å². The van der Waals surface area contributed by atoms with Crippen LogP contribution < -0.4 is 65.2 Å². The molecule has 0 spiro atoms. The van der Waals surface area contributed by atoms with Crippen molar-refractivity contribution >= 4 is 12.1 Å². The quantitative estimate of drug-likeness (QED) is 0.237. The fourth-order valence-electron chi connectivity index (χ4n) is 3.19. The fraction of sp³-hybridized carbons (Fsp3) is 0.400. The van der Waals surface area contributed by atoms with Gasteiger partial charge in [-0.2, -0.15) is 0 Å². The van der Waals surface area contributed by atoms with E-state index in [2.05, 4.69) is 33.6 Å². The van der Waals surface area contributed by atoms with Crippen LogP contribution in [0.5, 0.6) is 0 Å². The summed E-state index contributed by atoms with van der Waals surface area (Å²) in [5, 5.41) is 5.49. The molecule has 0 saturated carbocycles. The number of halogens is 2. The minimum Gasteiger partial charge on any atom is -1.00 e. The lowest BCUT2D eigenvalue weighted by atomic mass is 9.94. The molecule has 2 aromatic rings. The molecule has 4 amide bonds. The number of carbonyl (C=O) groups excluding carboxylic acids is 2. The number of aromatic nitrogens is 2. The Balaban J connectivity index is 0.00000420. The topological polar surface area (TPSA) is 118 Å². The van der Waals surface area contributed by atoms with Crippen molar-refractivity contribution in [2.75, 3.05) is 0 Å². The van der Waals surface area contributed by atoms with Gasteiger partial charge in [0.1, 0.15) is 13.1 Å². The largest absolute Gasteiger partial charge is 1.00 e. The molecule has 2 atom stereocenters. The standard InChI is InChI=1S/C20H28N6O2.2BrH/c1-3-9-25-11-5-15(6-12-25)17(23-19(21)27)18(24-20(22)28)16-7-13-26(10-4-2)14-8-16;;/h5-8,11-14,17-18H,3-4,9-10H2,1-2H3,(H4-2,21,22,23,24,27,28);2*1H. The Bertz CT molecular complexity index is 719. The first-order valence-electron chi connectivity index (χ1n) is 9.54. The summed E-state index contributed by atoms with van der Waals surface area (Å²) in [7, 11) is 0. The van der Waals surface area contributed by atoms with Crippen LogP contribution in [0.4, 0.5) is 9.59 Å². The molecule has 0 fully saturated rings. The number of nitrogens with zero attached hydrogens (tertiary/aromatic N) is 2. The van der Waals surface area contributed by atoms with Crippen molar-refractivity contribution in [2.45, 2.75) is 51.9 Å². The van der Waals surface area contributed by atoms with Crippen LogP contribution in [0.3, 0.4) is 0 Å². The molecule has 10 heteroatoms. The normalized spacial score (nSPS) is 11.9. The van der Waals surface area contributed by atoms with Crippen LogP contribution in [0.1, 0.15) is 49.9 Å². The molecule has 0 aromatic carbocycles. The highest BCUT2D eigenvalue weighted by Gasteiger charge is 2.28. The van der Waals surface area contributed by atoms with E-state index in [9.17, 15) is 9.59 Å². The van der Waals surface area contributed by atoms with Gasteiger partial charge in [0.05, 0.1) is 12.1 Å². The molecule has 2 heterocycles. The average Bonchev–Trinajstić information content (AvgIpc) is 2.66. The highest BCUT2D eigenvalue weighted by atomic mass is 79.9. The minimum atomic E-state index is -0.677. The first-order valence-corrected chi connectivity index (χ1v) is 9.54. The van der Waals surface area contributed by atoms with Gasteiger partial charge in [-0.3, -0.25) is 0 Å². The zero-order valence-electron chi connectivity index (χ0n) is 17.2. The van der Waals surface area contributed by atoms with Gasteiger partial charge in [-0.25, -0.2) is 18.7 Å². The van der Waals surface area contributed by atoms with Crippen molar-refractivity contribution in [3.05, 3.63) is 60.2 Å². The molecule has 0 saturated heterocycles. The minimum absolute atomic E-state index is 0. The molecular formula is C20H30Br2N6O2. The molecule has 2 rings (SSSR count). The van der Waals surface area contributed by atoms with Gasteiger partial charge >= 0.3 is 12.1 Å². The lowest BCUT2D eigenvalue weighted by Crippen LogP contribution is -3.00. The van der Waals surface area contributed by atoms with Crippen LogP contribution in [0.25, 0.3) is 0 Å². The third kappa shape index (κ3) is 8.27. The number of hydrogen-bond acceptors (Lipinski definition) is 2. The molecule has 2 aromatic heterocycles. The summed E-state index contributed by atoms with van der Waals surface area (Å²) in [6, 6.07) is 5.15. The van der Waals surface area contributed by atoms with E-state index in [1.807, 2.05) is 49.1 Å². The Morgan fingerprint density at radius 2 is 1.07 bits per heavy atom. The average molecular weight is 546 g/mol. The summed E-state index contributed by atoms with van der Waals surface area (Å²) in [4.78, 5) is 23.3. The smallest absolute Gasteiger partial charge is 0.312 e. The molecular weight excluding hydrogens is 516 g/mol. The Labute approximate surface area is 198 Å². The third-order valence-electron chi connectivity index (χ3n) is 4.44. The number of rotatable bonds is 9. The first-order chi connectivity index (χ1) is 13.4. The number of nitrogens with two attached hydrogens (primary N) is 2. The summed E-state index contributed by atoms with van der Waals surface area (Å²) in [6.07, 6.45) is 9.79. The second-order valence-corrected chi connectivity index (χ2v) is 6.71. The number of urea groups is 2. The van der Waals surface area contributed by atoms with Crippen molar-refractivity contribution < 1.29 is 52.7 Å².